The summed E-state index contributed by atoms with van der Waals surface area (Å²) in [5, 5.41) is 9.94. The van der Waals surface area contributed by atoms with Gasteiger partial charge < -0.3 is 9.84 Å². The lowest BCUT2D eigenvalue weighted by Crippen LogP contribution is -2.46. The first-order valence-corrected chi connectivity index (χ1v) is 7.98. The van der Waals surface area contributed by atoms with Crippen molar-refractivity contribution in [1.82, 2.24) is 25.1 Å². The van der Waals surface area contributed by atoms with Gasteiger partial charge in [0.15, 0.2) is 5.65 Å². The van der Waals surface area contributed by atoms with Crippen molar-refractivity contribution in [3.05, 3.63) is 35.9 Å². The topological polar surface area (TPSA) is 85.3 Å². The summed E-state index contributed by atoms with van der Waals surface area (Å²) in [7, 11) is 0. The Labute approximate surface area is 145 Å². The molecule has 0 aromatic carbocycles. The number of rotatable bonds is 4. The van der Waals surface area contributed by atoms with Crippen LogP contribution in [-0.4, -0.2) is 37.9 Å². The molecule has 1 N–H and O–H groups in total. The molecule has 3 heterocycles. The van der Waals surface area contributed by atoms with E-state index < -0.39 is 24.0 Å². The van der Waals surface area contributed by atoms with Crippen molar-refractivity contribution in [3.8, 4) is 11.4 Å². The molecule has 26 heavy (non-hydrogen) atoms. The van der Waals surface area contributed by atoms with Gasteiger partial charge in [-0.3, -0.25) is 4.79 Å². The maximum Gasteiger partial charge on any atom is 0.408 e. The maximum absolute atomic E-state index is 13.2. The van der Waals surface area contributed by atoms with Crippen LogP contribution in [0.5, 0.6) is 0 Å². The summed E-state index contributed by atoms with van der Waals surface area (Å²) in [6.07, 6.45) is -0.990. The quantitative estimate of drug-likeness (QED) is 0.768. The highest BCUT2D eigenvalue weighted by molar-refractivity contribution is 6.00. The van der Waals surface area contributed by atoms with Crippen molar-refractivity contribution >= 4 is 11.6 Å². The van der Waals surface area contributed by atoms with Crippen molar-refractivity contribution in [3.63, 3.8) is 0 Å². The van der Waals surface area contributed by atoms with Crippen LogP contribution in [0, 0.1) is 12.8 Å². The molecule has 0 spiro atoms. The van der Waals surface area contributed by atoms with E-state index in [2.05, 4.69) is 20.6 Å². The average molecular weight is 365 g/mol. The first kappa shape index (κ1) is 16.6. The fraction of sp³-hybridized carbons (Fsp3) is 0.375. The molecule has 4 rings (SSSR count). The number of nitrogens with zero attached hydrogens (tertiary/aromatic N) is 4. The monoisotopic (exact) mass is 365 g/mol. The zero-order valence-electron chi connectivity index (χ0n) is 13.6. The van der Waals surface area contributed by atoms with E-state index in [4.69, 9.17) is 4.52 Å². The van der Waals surface area contributed by atoms with Crippen LogP contribution in [0.4, 0.5) is 13.2 Å². The standard InChI is InChI=1S/C16H14F3N5O2/c1-8-6-12(11-4-5-26-23-11)21-14-10(7-20-24(8)14)15(25)22-13(9-2-3-9)16(17,18)19/h4-7,9,13H,2-3H2,1H3,(H,22,25)/t13-/m0/s1. The lowest BCUT2D eigenvalue weighted by molar-refractivity contribution is -0.158. The number of halogens is 3. The highest BCUT2D eigenvalue weighted by atomic mass is 19.4. The fourth-order valence-electron chi connectivity index (χ4n) is 2.86. The third kappa shape index (κ3) is 2.91. The van der Waals surface area contributed by atoms with Gasteiger partial charge in [0.2, 0.25) is 0 Å². The van der Waals surface area contributed by atoms with Gasteiger partial charge in [0.25, 0.3) is 5.91 Å². The molecular formula is C16H14F3N5O2. The molecular weight excluding hydrogens is 351 g/mol. The molecule has 1 aliphatic carbocycles. The summed E-state index contributed by atoms with van der Waals surface area (Å²) < 4.78 is 45.7. The van der Waals surface area contributed by atoms with Gasteiger partial charge >= 0.3 is 6.18 Å². The van der Waals surface area contributed by atoms with Gasteiger partial charge in [-0.05, 0) is 31.7 Å². The number of fused-ring (bicyclic) bond motifs is 1. The Bertz CT molecular complexity index is 960. The number of carbonyl (C=O) groups excluding carboxylic acids is 1. The van der Waals surface area contributed by atoms with Crippen molar-refractivity contribution in [2.24, 2.45) is 5.92 Å². The Morgan fingerprint density at radius 3 is 2.77 bits per heavy atom. The predicted octanol–water partition coefficient (Wildman–Crippen LogP) is 2.76. The van der Waals surface area contributed by atoms with Crippen LogP contribution in [0.25, 0.3) is 17.0 Å². The molecule has 3 aromatic rings. The molecule has 1 amide bonds. The molecule has 1 atom stereocenters. The number of nitrogens with one attached hydrogen (secondary N) is 1. The first-order chi connectivity index (χ1) is 12.3. The third-order valence-electron chi connectivity index (χ3n) is 4.33. The second-order valence-electron chi connectivity index (χ2n) is 6.29. The van der Waals surface area contributed by atoms with Crippen molar-refractivity contribution in [2.75, 3.05) is 0 Å². The maximum atomic E-state index is 13.2. The van der Waals surface area contributed by atoms with Gasteiger partial charge in [0, 0.05) is 11.8 Å². The first-order valence-electron chi connectivity index (χ1n) is 7.98. The van der Waals surface area contributed by atoms with Crippen molar-refractivity contribution in [1.29, 1.82) is 0 Å². The second kappa shape index (κ2) is 5.82. The van der Waals surface area contributed by atoms with Crippen LogP contribution in [0.3, 0.4) is 0 Å². The Hall–Kier alpha value is -2.91. The van der Waals surface area contributed by atoms with Crippen LogP contribution in [0.1, 0.15) is 28.9 Å². The van der Waals surface area contributed by atoms with E-state index in [1.54, 1.807) is 19.1 Å². The Morgan fingerprint density at radius 1 is 1.38 bits per heavy atom. The summed E-state index contributed by atoms with van der Waals surface area (Å²) >= 11 is 0. The van der Waals surface area contributed by atoms with Crippen LogP contribution in [0.15, 0.2) is 29.1 Å². The fourth-order valence-corrected chi connectivity index (χ4v) is 2.86. The normalized spacial score (nSPS) is 16.0. The van der Waals surface area contributed by atoms with E-state index in [0.29, 0.717) is 29.9 Å². The van der Waals surface area contributed by atoms with Gasteiger partial charge in [-0.25, -0.2) is 9.50 Å². The number of carbonyl (C=O) groups is 1. The van der Waals surface area contributed by atoms with E-state index in [9.17, 15) is 18.0 Å². The van der Waals surface area contributed by atoms with Crippen LogP contribution in [-0.2, 0) is 0 Å². The van der Waals surface area contributed by atoms with Gasteiger partial charge in [-0.2, -0.15) is 18.3 Å². The number of amides is 1. The van der Waals surface area contributed by atoms with E-state index in [1.165, 1.54) is 17.0 Å². The van der Waals surface area contributed by atoms with Crippen molar-refractivity contribution < 1.29 is 22.5 Å². The van der Waals surface area contributed by atoms with Gasteiger partial charge in [-0.15, -0.1) is 0 Å². The van der Waals surface area contributed by atoms with E-state index in [1.807, 2.05) is 0 Å². The number of aryl methyl sites for hydroxylation is 1. The molecule has 0 bridgehead atoms. The Balaban J connectivity index is 1.71. The minimum atomic E-state index is -4.49. The molecule has 0 unspecified atom stereocenters. The minimum Gasteiger partial charge on any atom is -0.364 e. The lowest BCUT2D eigenvalue weighted by atomic mass is 10.1. The van der Waals surface area contributed by atoms with Gasteiger partial charge in [0.1, 0.15) is 23.6 Å². The molecule has 1 saturated carbocycles. The summed E-state index contributed by atoms with van der Waals surface area (Å²) in [6, 6.07) is 1.44. The van der Waals surface area contributed by atoms with E-state index >= 15 is 0 Å². The molecule has 1 fully saturated rings. The summed E-state index contributed by atoms with van der Waals surface area (Å²) in [5.41, 5.74) is 1.69. The molecule has 7 nitrogen and oxygen atoms in total. The van der Waals surface area contributed by atoms with Crippen LogP contribution >= 0.6 is 0 Å². The average Bonchev–Trinajstić information content (AvgIpc) is 3.09. The van der Waals surface area contributed by atoms with Crippen LogP contribution in [0.2, 0.25) is 0 Å². The number of alkyl halides is 3. The van der Waals surface area contributed by atoms with E-state index in [-0.39, 0.29) is 11.2 Å². The molecule has 1 aliphatic rings. The zero-order valence-corrected chi connectivity index (χ0v) is 13.6. The summed E-state index contributed by atoms with van der Waals surface area (Å²) in [5.74, 6) is -1.42. The second-order valence-corrected chi connectivity index (χ2v) is 6.29. The zero-order chi connectivity index (χ0) is 18.5. The smallest absolute Gasteiger partial charge is 0.364 e. The Morgan fingerprint density at radius 2 is 2.15 bits per heavy atom. The number of aromatic nitrogens is 4. The molecule has 10 heteroatoms. The van der Waals surface area contributed by atoms with Crippen LogP contribution < -0.4 is 5.32 Å². The summed E-state index contributed by atoms with van der Waals surface area (Å²) in [6.45, 7) is 1.75. The van der Waals surface area contributed by atoms with Crippen molar-refractivity contribution in [2.45, 2.75) is 32.0 Å². The Kier molecular flexibility index (Phi) is 3.70. The molecule has 0 saturated heterocycles. The molecule has 0 aliphatic heterocycles. The lowest BCUT2D eigenvalue weighted by Gasteiger charge is -2.20. The van der Waals surface area contributed by atoms with Gasteiger partial charge in [0.05, 0.1) is 11.9 Å². The predicted molar refractivity (Wildman–Crippen MR) is 83.3 cm³/mol. The highest BCUT2D eigenvalue weighted by Gasteiger charge is 2.49. The SMILES string of the molecule is Cc1cc(-c2ccon2)nc2c(C(=O)N[C@@H](C3CC3)C(F)(F)F)cnn12. The summed E-state index contributed by atoms with van der Waals surface area (Å²) in [4.78, 5) is 16.8. The van der Waals surface area contributed by atoms with Gasteiger partial charge in [-0.1, -0.05) is 5.16 Å². The molecule has 3 aromatic heterocycles. The number of hydrogen-bond donors (Lipinski definition) is 1. The third-order valence-corrected chi connectivity index (χ3v) is 4.33. The highest BCUT2D eigenvalue weighted by Crippen LogP contribution is 2.40. The number of hydrogen-bond acceptors (Lipinski definition) is 5. The largest absolute Gasteiger partial charge is 0.408 e. The molecule has 0 radical (unpaired) electrons. The van der Waals surface area contributed by atoms with E-state index in [0.717, 1.165) is 0 Å². The molecule has 136 valence electrons. The minimum absolute atomic E-state index is 0.0201.